The van der Waals surface area contributed by atoms with Crippen LogP contribution < -0.4 is 15.5 Å². The summed E-state index contributed by atoms with van der Waals surface area (Å²) in [4.78, 5) is 15.4. The average Bonchev–Trinajstić information content (AvgIpc) is 3.52. The Morgan fingerprint density at radius 2 is 1.97 bits per heavy atom. The molecule has 31 heavy (non-hydrogen) atoms. The zero-order valence-corrected chi connectivity index (χ0v) is 21.3. The molecule has 2 N–H and O–H groups in total. The SMILES string of the molecule is CN=C(NCc1cccnc1N1CCOCC1)NCC(c1cccs1)N1CCCC1.I. The highest BCUT2D eigenvalue weighted by Gasteiger charge is 2.24. The van der Waals surface area contributed by atoms with Crippen LogP contribution in [-0.2, 0) is 11.3 Å². The molecule has 0 amide bonds. The molecule has 1 unspecified atom stereocenters. The molecule has 2 aromatic heterocycles. The van der Waals surface area contributed by atoms with Crippen LogP contribution in [0.4, 0.5) is 5.82 Å². The van der Waals surface area contributed by atoms with Crippen LogP contribution in [-0.4, -0.2) is 68.8 Å². The van der Waals surface area contributed by atoms with Crippen LogP contribution in [0.5, 0.6) is 0 Å². The van der Waals surface area contributed by atoms with E-state index in [1.54, 1.807) is 0 Å². The zero-order valence-electron chi connectivity index (χ0n) is 18.1. The summed E-state index contributed by atoms with van der Waals surface area (Å²) in [6.07, 6.45) is 4.45. The number of halogens is 1. The summed E-state index contributed by atoms with van der Waals surface area (Å²) in [7, 11) is 1.83. The number of anilines is 1. The second-order valence-corrected chi connectivity index (χ2v) is 8.65. The summed E-state index contributed by atoms with van der Waals surface area (Å²) in [5.41, 5.74) is 1.18. The van der Waals surface area contributed by atoms with Crippen LogP contribution in [0.1, 0.15) is 29.3 Å². The monoisotopic (exact) mass is 556 g/mol. The molecule has 0 bridgehead atoms. The molecular weight excluding hydrogens is 523 g/mol. The van der Waals surface area contributed by atoms with Gasteiger partial charge in [-0.3, -0.25) is 9.89 Å². The van der Waals surface area contributed by atoms with Crippen molar-refractivity contribution in [3.8, 4) is 0 Å². The first-order valence-corrected chi connectivity index (χ1v) is 11.7. The third-order valence-corrected chi connectivity index (χ3v) is 6.74. The highest BCUT2D eigenvalue weighted by atomic mass is 127. The summed E-state index contributed by atoms with van der Waals surface area (Å²) < 4.78 is 5.49. The zero-order chi connectivity index (χ0) is 20.6. The number of aliphatic imine (C=N–C) groups is 1. The third kappa shape index (κ3) is 6.53. The van der Waals surface area contributed by atoms with E-state index in [4.69, 9.17) is 4.74 Å². The smallest absolute Gasteiger partial charge is 0.191 e. The molecule has 2 saturated heterocycles. The van der Waals surface area contributed by atoms with E-state index < -0.39 is 0 Å². The van der Waals surface area contributed by atoms with Gasteiger partial charge in [0.25, 0.3) is 0 Å². The quantitative estimate of drug-likeness (QED) is 0.311. The summed E-state index contributed by atoms with van der Waals surface area (Å²) in [5, 5.41) is 9.20. The van der Waals surface area contributed by atoms with E-state index in [-0.39, 0.29) is 24.0 Å². The number of rotatable bonds is 7. The highest BCUT2D eigenvalue weighted by molar-refractivity contribution is 14.0. The summed E-state index contributed by atoms with van der Waals surface area (Å²) in [6.45, 7) is 7.17. The molecule has 0 spiro atoms. The fourth-order valence-electron chi connectivity index (χ4n) is 4.16. The van der Waals surface area contributed by atoms with Crippen molar-refractivity contribution in [2.75, 3.05) is 57.9 Å². The number of nitrogens with one attached hydrogen (secondary N) is 2. The summed E-state index contributed by atoms with van der Waals surface area (Å²) >= 11 is 1.84. The molecule has 2 aliphatic rings. The van der Waals surface area contributed by atoms with E-state index in [0.717, 1.165) is 44.6 Å². The largest absolute Gasteiger partial charge is 0.378 e. The summed E-state index contributed by atoms with van der Waals surface area (Å²) in [5.74, 6) is 1.87. The number of guanidine groups is 1. The molecule has 0 saturated carbocycles. The second kappa shape index (κ2) is 12.6. The first-order chi connectivity index (χ1) is 14.8. The van der Waals surface area contributed by atoms with E-state index in [2.05, 4.69) is 54.0 Å². The lowest BCUT2D eigenvalue weighted by Gasteiger charge is -2.30. The van der Waals surface area contributed by atoms with Crippen molar-refractivity contribution in [3.05, 3.63) is 46.3 Å². The van der Waals surface area contributed by atoms with Crippen LogP contribution in [0, 0.1) is 0 Å². The molecule has 9 heteroatoms. The number of hydrogen-bond donors (Lipinski definition) is 2. The maximum atomic E-state index is 5.49. The van der Waals surface area contributed by atoms with E-state index in [9.17, 15) is 0 Å². The maximum Gasteiger partial charge on any atom is 0.191 e. The van der Waals surface area contributed by atoms with E-state index in [1.807, 2.05) is 30.6 Å². The first kappa shape index (κ1) is 24.2. The molecule has 0 aliphatic carbocycles. The molecule has 2 aliphatic heterocycles. The lowest BCUT2D eigenvalue weighted by molar-refractivity contribution is 0.122. The van der Waals surface area contributed by atoms with Crippen molar-refractivity contribution in [1.82, 2.24) is 20.5 Å². The lowest BCUT2D eigenvalue weighted by atomic mass is 10.2. The Hall–Kier alpha value is -1.43. The Bertz CT molecular complexity index is 806. The average molecular weight is 557 g/mol. The van der Waals surface area contributed by atoms with Crippen LogP contribution in [0.25, 0.3) is 0 Å². The van der Waals surface area contributed by atoms with Crippen LogP contribution in [0.2, 0.25) is 0 Å². The number of ether oxygens (including phenoxy) is 1. The Morgan fingerprint density at radius 1 is 1.16 bits per heavy atom. The van der Waals surface area contributed by atoms with Crippen molar-refractivity contribution in [2.24, 2.45) is 4.99 Å². The second-order valence-electron chi connectivity index (χ2n) is 7.67. The fourth-order valence-corrected chi connectivity index (χ4v) is 5.03. The predicted octanol–water partition coefficient (Wildman–Crippen LogP) is 3.10. The third-order valence-electron chi connectivity index (χ3n) is 5.76. The van der Waals surface area contributed by atoms with Crippen molar-refractivity contribution in [2.45, 2.75) is 25.4 Å². The van der Waals surface area contributed by atoms with Gasteiger partial charge in [-0.15, -0.1) is 35.3 Å². The Morgan fingerprint density at radius 3 is 2.68 bits per heavy atom. The molecule has 2 aromatic rings. The molecule has 7 nitrogen and oxygen atoms in total. The van der Waals surface area contributed by atoms with Gasteiger partial charge in [0, 0.05) is 49.9 Å². The van der Waals surface area contributed by atoms with E-state index in [0.29, 0.717) is 12.6 Å². The molecule has 1 atom stereocenters. The van der Waals surface area contributed by atoms with Gasteiger partial charge in [-0.05, 0) is 43.4 Å². The van der Waals surface area contributed by atoms with E-state index >= 15 is 0 Å². The minimum atomic E-state index is 0. The fraction of sp³-hybridized carbons (Fsp3) is 0.545. The van der Waals surface area contributed by atoms with Gasteiger partial charge >= 0.3 is 0 Å². The van der Waals surface area contributed by atoms with Gasteiger partial charge in [0.1, 0.15) is 5.82 Å². The van der Waals surface area contributed by atoms with Crippen molar-refractivity contribution < 1.29 is 4.74 Å². The first-order valence-electron chi connectivity index (χ1n) is 10.8. The van der Waals surface area contributed by atoms with E-state index in [1.165, 1.54) is 36.4 Å². The number of hydrogen-bond acceptors (Lipinski definition) is 6. The topological polar surface area (TPSA) is 65.0 Å². The Labute approximate surface area is 206 Å². The number of thiophene rings is 1. The van der Waals surface area contributed by atoms with Gasteiger partial charge < -0.3 is 20.3 Å². The van der Waals surface area contributed by atoms with Crippen LogP contribution in [0.3, 0.4) is 0 Å². The number of aromatic nitrogens is 1. The van der Waals surface area contributed by atoms with Crippen molar-refractivity contribution >= 4 is 47.1 Å². The molecule has 0 radical (unpaired) electrons. The predicted molar refractivity (Wildman–Crippen MR) is 139 cm³/mol. The van der Waals surface area contributed by atoms with Gasteiger partial charge in [-0.2, -0.15) is 0 Å². The molecule has 0 aromatic carbocycles. The molecule has 2 fully saturated rings. The van der Waals surface area contributed by atoms with Crippen LogP contribution >= 0.6 is 35.3 Å². The Balaban J connectivity index is 0.00000272. The van der Waals surface area contributed by atoms with Gasteiger partial charge in [-0.1, -0.05) is 12.1 Å². The van der Waals surface area contributed by atoms with Gasteiger partial charge in [-0.25, -0.2) is 4.98 Å². The van der Waals surface area contributed by atoms with Crippen molar-refractivity contribution in [1.29, 1.82) is 0 Å². The molecule has 170 valence electrons. The van der Waals surface area contributed by atoms with Gasteiger partial charge in [0.15, 0.2) is 5.96 Å². The number of morpholine rings is 1. The lowest BCUT2D eigenvalue weighted by Crippen LogP contribution is -2.42. The van der Waals surface area contributed by atoms with Crippen LogP contribution in [0.15, 0.2) is 40.8 Å². The number of pyridine rings is 1. The summed E-state index contributed by atoms with van der Waals surface area (Å²) in [6, 6.07) is 8.92. The molecule has 4 rings (SSSR count). The van der Waals surface area contributed by atoms with Crippen molar-refractivity contribution in [3.63, 3.8) is 0 Å². The number of likely N-dealkylation sites (tertiary alicyclic amines) is 1. The Kier molecular flexibility index (Phi) is 9.82. The standard InChI is InChI=1S/C22H32N6OS.HI/c1-23-22(26-17-19(20-7-5-15-30-20)27-9-2-3-10-27)25-16-18-6-4-8-24-21(18)28-11-13-29-14-12-28;/h4-8,15,19H,2-3,9-14,16-17H2,1H3,(H2,23,25,26);1H. The number of nitrogens with zero attached hydrogens (tertiary/aromatic N) is 4. The minimum Gasteiger partial charge on any atom is -0.378 e. The van der Waals surface area contributed by atoms with Gasteiger partial charge in [0.2, 0.25) is 0 Å². The normalized spacial score (nSPS) is 18.5. The highest BCUT2D eigenvalue weighted by Crippen LogP contribution is 2.27. The maximum absolute atomic E-state index is 5.49. The van der Waals surface area contributed by atoms with Gasteiger partial charge in [0.05, 0.1) is 19.3 Å². The molecule has 4 heterocycles. The minimum absolute atomic E-state index is 0. The molecular formula is C22H33IN6OS.